The number of pyridine rings is 1. The lowest BCUT2D eigenvalue weighted by molar-refractivity contribution is 0.675. The van der Waals surface area contributed by atoms with Gasteiger partial charge in [-0.2, -0.15) is 0 Å². The Morgan fingerprint density at radius 2 is 2.17 bits per heavy atom. The van der Waals surface area contributed by atoms with E-state index in [2.05, 4.69) is 25.3 Å². The molecule has 7 heteroatoms. The van der Waals surface area contributed by atoms with Gasteiger partial charge in [0.1, 0.15) is 11.5 Å². The van der Waals surface area contributed by atoms with Crippen LogP contribution in [0.5, 0.6) is 0 Å². The molecule has 0 amide bonds. The van der Waals surface area contributed by atoms with E-state index in [0.717, 1.165) is 28.1 Å². The van der Waals surface area contributed by atoms with E-state index in [-0.39, 0.29) is 5.25 Å². The van der Waals surface area contributed by atoms with E-state index in [1.54, 1.807) is 6.20 Å². The summed E-state index contributed by atoms with van der Waals surface area (Å²) in [6.45, 7) is 6.48. The van der Waals surface area contributed by atoms with Crippen LogP contribution in [0.4, 0.5) is 5.82 Å². The number of hydrogen-bond acceptors (Lipinski definition) is 5. The van der Waals surface area contributed by atoms with E-state index < -0.39 is 10.8 Å². The molecule has 2 N–H and O–H groups in total. The van der Waals surface area contributed by atoms with Crippen molar-refractivity contribution < 1.29 is 4.21 Å². The fraction of sp³-hybridized carbons (Fsp3) is 0.353. The molecule has 0 bridgehead atoms. The van der Waals surface area contributed by atoms with E-state index in [1.807, 2.05) is 45.2 Å². The summed E-state index contributed by atoms with van der Waals surface area (Å²) in [5, 5.41) is 4.35. The van der Waals surface area contributed by atoms with Crippen molar-refractivity contribution in [1.29, 1.82) is 0 Å². The highest BCUT2D eigenvalue weighted by Crippen LogP contribution is 2.25. The molecule has 0 aliphatic rings. The Balaban J connectivity index is 1.89. The molecule has 0 aliphatic heterocycles. The number of anilines is 1. The number of aromatic amines is 1. The summed E-state index contributed by atoms with van der Waals surface area (Å²) < 4.78 is 11.8. The first kappa shape index (κ1) is 16.6. The van der Waals surface area contributed by atoms with Gasteiger partial charge in [0, 0.05) is 63.5 Å². The highest BCUT2D eigenvalue weighted by atomic mass is 32.2. The molecular weight excluding hydrogens is 322 g/mol. The molecule has 3 aromatic rings. The van der Waals surface area contributed by atoms with Gasteiger partial charge < -0.3 is 10.3 Å². The third-order valence-corrected chi connectivity index (χ3v) is 5.49. The molecule has 6 nitrogen and oxygen atoms in total. The van der Waals surface area contributed by atoms with Gasteiger partial charge >= 0.3 is 0 Å². The predicted molar refractivity (Wildman–Crippen MR) is 98.5 cm³/mol. The first-order valence-electron chi connectivity index (χ1n) is 7.97. The Hall–Kier alpha value is -2.28. The number of nitrogens with one attached hydrogen (secondary N) is 2. The predicted octanol–water partition coefficient (Wildman–Crippen LogP) is 2.90. The third kappa shape index (κ3) is 3.46. The molecule has 0 saturated carbocycles. The quantitative estimate of drug-likeness (QED) is 0.719. The number of H-pyrrole nitrogens is 1. The van der Waals surface area contributed by atoms with Crippen LogP contribution in [0.25, 0.3) is 22.4 Å². The van der Waals surface area contributed by atoms with E-state index in [9.17, 15) is 4.21 Å². The Morgan fingerprint density at radius 1 is 1.33 bits per heavy atom. The van der Waals surface area contributed by atoms with Gasteiger partial charge in [-0.3, -0.25) is 4.21 Å². The number of aryl methyl sites for hydroxylation is 1. The largest absolute Gasteiger partial charge is 0.369 e. The van der Waals surface area contributed by atoms with Gasteiger partial charge in [-0.25, -0.2) is 15.0 Å². The van der Waals surface area contributed by atoms with Crippen molar-refractivity contribution in [2.45, 2.75) is 26.0 Å². The average molecular weight is 343 g/mol. The summed E-state index contributed by atoms with van der Waals surface area (Å²) in [7, 11) is -0.824. The van der Waals surface area contributed by atoms with Crippen LogP contribution in [0.3, 0.4) is 0 Å². The first-order valence-corrected chi connectivity index (χ1v) is 9.36. The molecule has 2 atom stereocenters. The van der Waals surface area contributed by atoms with Crippen molar-refractivity contribution in [2.75, 3.05) is 17.6 Å². The average Bonchev–Trinajstić information content (AvgIpc) is 3.07. The Morgan fingerprint density at radius 3 is 2.96 bits per heavy atom. The standard InChI is InChI=1S/C17H21N5OS/c1-4-24(23)12(3)10-20-15-9-11(2)21-17(22-15)14-6-8-19-16-13(14)5-7-18-16/h5-9,12H,4,10H2,1-3H3,(H,18,19)(H,20,21,22)/t12-,24?/m1/s1. The number of aromatic nitrogens is 4. The SMILES string of the molecule is CCS(=O)[C@H](C)CNc1cc(C)nc(-c2ccnc3[nH]ccc23)n1. The van der Waals surface area contributed by atoms with Gasteiger partial charge in [0.2, 0.25) is 0 Å². The summed E-state index contributed by atoms with van der Waals surface area (Å²) >= 11 is 0. The van der Waals surface area contributed by atoms with Crippen LogP contribution in [0.1, 0.15) is 19.5 Å². The first-order chi connectivity index (χ1) is 11.6. The molecule has 1 unspecified atom stereocenters. The van der Waals surface area contributed by atoms with Gasteiger partial charge in [0.15, 0.2) is 5.82 Å². The molecular formula is C17H21N5OS. The van der Waals surface area contributed by atoms with Crippen molar-refractivity contribution in [3.05, 3.63) is 36.3 Å². The minimum Gasteiger partial charge on any atom is -0.369 e. The summed E-state index contributed by atoms with van der Waals surface area (Å²) in [6.07, 6.45) is 3.61. The zero-order valence-corrected chi connectivity index (χ0v) is 14.9. The van der Waals surface area contributed by atoms with Crippen LogP contribution < -0.4 is 5.32 Å². The maximum Gasteiger partial charge on any atom is 0.162 e. The normalized spacial score (nSPS) is 13.8. The Kier molecular flexibility index (Phi) is 4.89. The second-order valence-electron chi connectivity index (χ2n) is 5.68. The van der Waals surface area contributed by atoms with Crippen LogP contribution >= 0.6 is 0 Å². The van der Waals surface area contributed by atoms with Crippen molar-refractivity contribution >= 4 is 27.7 Å². The lowest BCUT2D eigenvalue weighted by atomic mass is 10.1. The summed E-state index contributed by atoms with van der Waals surface area (Å²) in [5.74, 6) is 2.08. The lowest BCUT2D eigenvalue weighted by Crippen LogP contribution is -2.23. The van der Waals surface area contributed by atoms with Crippen LogP contribution in [0.15, 0.2) is 30.6 Å². The van der Waals surface area contributed by atoms with Crippen LogP contribution in [0.2, 0.25) is 0 Å². The van der Waals surface area contributed by atoms with Crippen LogP contribution in [-0.2, 0) is 10.8 Å². The van der Waals surface area contributed by atoms with E-state index in [1.165, 1.54) is 0 Å². The molecule has 0 spiro atoms. The number of rotatable bonds is 6. The van der Waals surface area contributed by atoms with Gasteiger partial charge in [0.05, 0.1) is 0 Å². The maximum absolute atomic E-state index is 11.8. The second-order valence-corrected chi connectivity index (χ2v) is 7.82. The zero-order valence-electron chi connectivity index (χ0n) is 14.0. The van der Waals surface area contributed by atoms with Crippen molar-refractivity contribution in [3.63, 3.8) is 0 Å². The molecule has 0 radical (unpaired) electrons. The van der Waals surface area contributed by atoms with Crippen LogP contribution in [-0.4, -0.2) is 41.7 Å². The minimum atomic E-state index is -0.824. The van der Waals surface area contributed by atoms with Gasteiger partial charge in [-0.05, 0) is 26.0 Å². The highest BCUT2D eigenvalue weighted by Gasteiger charge is 2.12. The van der Waals surface area contributed by atoms with E-state index in [4.69, 9.17) is 0 Å². The van der Waals surface area contributed by atoms with Crippen molar-refractivity contribution in [2.24, 2.45) is 0 Å². The monoisotopic (exact) mass is 343 g/mol. The summed E-state index contributed by atoms with van der Waals surface area (Å²) in [6, 6.07) is 5.80. The minimum absolute atomic E-state index is 0.0750. The summed E-state index contributed by atoms with van der Waals surface area (Å²) in [4.78, 5) is 16.6. The zero-order chi connectivity index (χ0) is 17.1. The molecule has 0 fully saturated rings. The molecule has 3 rings (SSSR count). The number of nitrogens with zero attached hydrogens (tertiary/aromatic N) is 3. The van der Waals surface area contributed by atoms with Crippen molar-refractivity contribution in [1.82, 2.24) is 19.9 Å². The highest BCUT2D eigenvalue weighted by molar-refractivity contribution is 7.85. The molecule has 3 aromatic heterocycles. The molecule has 24 heavy (non-hydrogen) atoms. The summed E-state index contributed by atoms with van der Waals surface area (Å²) in [5.41, 5.74) is 2.64. The molecule has 3 heterocycles. The van der Waals surface area contributed by atoms with E-state index in [0.29, 0.717) is 18.1 Å². The number of fused-ring (bicyclic) bond motifs is 1. The topological polar surface area (TPSA) is 83.6 Å². The second kappa shape index (κ2) is 7.09. The molecule has 0 aromatic carbocycles. The van der Waals surface area contributed by atoms with Crippen molar-refractivity contribution in [3.8, 4) is 11.4 Å². The molecule has 0 aliphatic carbocycles. The molecule has 126 valence electrons. The maximum atomic E-state index is 11.8. The Labute approximate surface area is 143 Å². The Bertz CT molecular complexity index is 876. The van der Waals surface area contributed by atoms with Crippen LogP contribution in [0, 0.1) is 6.92 Å². The van der Waals surface area contributed by atoms with Gasteiger partial charge in [-0.1, -0.05) is 6.92 Å². The van der Waals surface area contributed by atoms with Gasteiger partial charge in [-0.15, -0.1) is 0 Å². The smallest absolute Gasteiger partial charge is 0.162 e. The molecule has 0 saturated heterocycles. The van der Waals surface area contributed by atoms with Gasteiger partial charge in [0.25, 0.3) is 0 Å². The third-order valence-electron chi connectivity index (χ3n) is 3.86. The number of hydrogen-bond donors (Lipinski definition) is 2. The lowest BCUT2D eigenvalue weighted by Gasteiger charge is -2.13. The van der Waals surface area contributed by atoms with E-state index >= 15 is 0 Å². The fourth-order valence-electron chi connectivity index (χ4n) is 2.56. The fourth-order valence-corrected chi connectivity index (χ4v) is 3.40.